The second kappa shape index (κ2) is 6.59. The van der Waals surface area contributed by atoms with Gasteiger partial charge in [-0.3, -0.25) is 0 Å². The third-order valence-electron chi connectivity index (χ3n) is 3.74. The molecule has 0 aliphatic heterocycles. The van der Waals surface area contributed by atoms with Gasteiger partial charge in [-0.25, -0.2) is 0 Å². The first-order chi connectivity index (χ1) is 9.15. The van der Waals surface area contributed by atoms with Gasteiger partial charge in [-0.2, -0.15) is 0 Å². The minimum atomic E-state index is 0.609. The molecule has 0 fully saturated rings. The van der Waals surface area contributed by atoms with Gasteiger partial charge in [-0.05, 0) is 0 Å². The molecule has 0 heterocycles. The second-order valence-electron chi connectivity index (χ2n) is 5.63. The molecule has 0 amide bonds. The van der Waals surface area contributed by atoms with Crippen LogP contribution in [-0.4, -0.2) is 15.0 Å². The molecule has 1 aromatic carbocycles. The van der Waals surface area contributed by atoms with E-state index in [4.69, 9.17) is 0 Å². The molecule has 1 aromatic rings. The van der Waals surface area contributed by atoms with Crippen LogP contribution < -0.4 is 0 Å². The maximum absolute atomic E-state index is 4.33. The molecule has 0 bridgehead atoms. The summed E-state index contributed by atoms with van der Waals surface area (Å²) in [5.74, 6) is 1.43. The van der Waals surface area contributed by atoms with Crippen LogP contribution in [0.5, 0.6) is 0 Å². The van der Waals surface area contributed by atoms with Crippen molar-refractivity contribution in [2.24, 2.45) is 11.8 Å². The van der Waals surface area contributed by atoms with Crippen molar-refractivity contribution in [1.82, 2.24) is 0 Å². The van der Waals surface area contributed by atoms with Crippen molar-refractivity contribution < 1.29 is 0 Å². The molecule has 19 heavy (non-hydrogen) atoms. The van der Waals surface area contributed by atoms with Gasteiger partial charge < -0.3 is 0 Å². The average molecular weight is 319 g/mol. The van der Waals surface area contributed by atoms with Crippen LogP contribution in [0.1, 0.15) is 39.2 Å². The van der Waals surface area contributed by atoms with E-state index in [9.17, 15) is 0 Å². The molecule has 0 saturated heterocycles. The Labute approximate surface area is 124 Å². The molecule has 1 atom stereocenters. The summed E-state index contributed by atoms with van der Waals surface area (Å²) in [5, 5.41) is 1.35. The van der Waals surface area contributed by atoms with E-state index in [1.807, 2.05) is 0 Å². The molecule has 0 saturated carbocycles. The molecule has 0 nitrogen and oxygen atoms in total. The van der Waals surface area contributed by atoms with E-state index in [0.717, 1.165) is 5.92 Å². The number of allylic oxidation sites excluding steroid dienone is 3. The van der Waals surface area contributed by atoms with Crippen LogP contribution in [0.15, 0.2) is 47.0 Å². The molecule has 1 aliphatic carbocycles. The molecular weight excluding hydrogens is 295 g/mol. The van der Waals surface area contributed by atoms with Crippen LogP contribution in [0.25, 0.3) is 5.57 Å². The van der Waals surface area contributed by atoms with Crippen LogP contribution in [0.2, 0.25) is 5.32 Å². The number of hydrogen-bond donors (Lipinski definition) is 0. The molecule has 1 unspecified atom stereocenters. The summed E-state index contributed by atoms with van der Waals surface area (Å²) in [5.41, 5.74) is 4.44. The summed E-state index contributed by atoms with van der Waals surface area (Å²) in [6.07, 6.45) is 2.53. The normalized spacial score (nSPS) is 18.9. The van der Waals surface area contributed by atoms with E-state index in [0.29, 0.717) is 20.9 Å². The van der Waals surface area contributed by atoms with E-state index < -0.39 is 0 Å². The zero-order chi connectivity index (χ0) is 13.8. The van der Waals surface area contributed by atoms with Crippen molar-refractivity contribution >= 4 is 20.5 Å². The topological polar surface area (TPSA) is 0 Å². The monoisotopic (exact) mass is 320 g/mol. The molecule has 2 rings (SSSR count). The van der Waals surface area contributed by atoms with Crippen LogP contribution in [0, 0.1) is 11.8 Å². The van der Waals surface area contributed by atoms with Gasteiger partial charge >= 0.3 is 124 Å². The molecule has 0 radical (unpaired) electrons. The third-order valence-corrected chi connectivity index (χ3v) is 6.28. The van der Waals surface area contributed by atoms with Gasteiger partial charge in [0.2, 0.25) is 0 Å². The quantitative estimate of drug-likeness (QED) is 0.635. The van der Waals surface area contributed by atoms with Crippen molar-refractivity contribution in [2.75, 3.05) is 0 Å². The van der Waals surface area contributed by atoms with Gasteiger partial charge in [0, 0.05) is 0 Å². The Morgan fingerprint density at radius 2 is 1.89 bits per heavy atom. The van der Waals surface area contributed by atoms with Gasteiger partial charge in [0.05, 0.1) is 0 Å². The van der Waals surface area contributed by atoms with Crippen molar-refractivity contribution in [2.45, 2.75) is 38.9 Å². The predicted octanol–water partition coefficient (Wildman–Crippen LogP) is 5.16. The fraction of sp³-hybridized carbons (Fsp3) is 0.444. The Morgan fingerprint density at radius 1 is 1.21 bits per heavy atom. The van der Waals surface area contributed by atoms with Gasteiger partial charge in [0.1, 0.15) is 0 Å². The van der Waals surface area contributed by atoms with Crippen LogP contribution in [-0.2, 0) is 0 Å². The van der Waals surface area contributed by atoms with Crippen LogP contribution in [0.4, 0.5) is 0 Å². The summed E-state index contributed by atoms with van der Waals surface area (Å²) in [6.45, 7) is 11.2. The molecule has 0 spiro atoms. The fourth-order valence-electron chi connectivity index (χ4n) is 2.55. The standard InChI is InChI=1S/C18H24Se/c1-5-16-14(4)18(19-12-11-13(2)3)17(16)15-9-7-6-8-10-15/h6-10,13,16H,4-5,11-12H2,1-3H3. The first-order valence-electron chi connectivity index (χ1n) is 7.26. The Bertz CT molecular complexity index is 468. The fourth-order valence-corrected chi connectivity index (χ4v) is 5.78. The summed E-state index contributed by atoms with van der Waals surface area (Å²) in [4.78, 5) is 0. The van der Waals surface area contributed by atoms with Crippen molar-refractivity contribution in [3.05, 3.63) is 52.5 Å². The maximum atomic E-state index is 4.33. The third kappa shape index (κ3) is 3.22. The van der Waals surface area contributed by atoms with Crippen LogP contribution >= 0.6 is 0 Å². The molecule has 1 heteroatoms. The molecule has 0 N–H and O–H groups in total. The minimum absolute atomic E-state index is 0.609. The van der Waals surface area contributed by atoms with E-state index >= 15 is 0 Å². The predicted molar refractivity (Wildman–Crippen MR) is 86.3 cm³/mol. The van der Waals surface area contributed by atoms with Gasteiger partial charge in [-0.15, -0.1) is 0 Å². The zero-order valence-electron chi connectivity index (χ0n) is 12.3. The second-order valence-corrected chi connectivity index (χ2v) is 7.94. The van der Waals surface area contributed by atoms with E-state index in [-0.39, 0.29) is 0 Å². The van der Waals surface area contributed by atoms with Gasteiger partial charge in [0.15, 0.2) is 0 Å². The van der Waals surface area contributed by atoms with E-state index in [1.165, 1.54) is 29.3 Å². The van der Waals surface area contributed by atoms with Crippen LogP contribution in [0.3, 0.4) is 0 Å². The number of rotatable bonds is 6. The summed E-state index contributed by atoms with van der Waals surface area (Å²) < 4.78 is 1.60. The Kier molecular flexibility index (Phi) is 5.07. The zero-order valence-corrected chi connectivity index (χ0v) is 14.0. The molecule has 0 aromatic heterocycles. The first-order valence-corrected chi connectivity index (χ1v) is 9.33. The molecular formula is C18H24Se. The van der Waals surface area contributed by atoms with Gasteiger partial charge in [-0.1, -0.05) is 0 Å². The Balaban J connectivity index is 2.18. The first kappa shape index (κ1) is 14.6. The Morgan fingerprint density at radius 3 is 2.47 bits per heavy atom. The molecule has 102 valence electrons. The van der Waals surface area contributed by atoms with E-state index in [2.05, 4.69) is 57.7 Å². The average Bonchev–Trinajstić information content (AvgIpc) is 2.41. The number of hydrogen-bond acceptors (Lipinski definition) is 0. The molecule has 1 aliphatic rings. The van der Waals surface area contributed by atoms with Crippen molar-refractivity contribution in [3.63, 3.8) is 0 Å². The van der Waals surface area contributed by atoms with Crippen molar-refractivity contribution in [1.29, 1.82) is 0 Å². The summed E-state index contributed by atoms with van der Waals surface area (Å²) >= 11 is 0.609. The van der Waals surface area contributed by atoms with Crippen molar-refractivity contribution in [3.8, 4) is 0 Å². The summed E-state index contributed by atoms with van der Waals surface area (Å²) in [7, 11) is 0. The number of benzene rings is 1. The Hall–Kier alpha value is -0.781. The van der Waals surface area contributed by atoms with E-state index in [1.54, 1.807) is 10.0 Å². The SMILES string of the molecule is C=C1C([Se]CCC(C)C)=C(c2ccccc2)C1CC. The van der Waals surface area contributed by atoms with Gasteiger partial charge in [0.25, 0.3) is 0 Å². The summed E-state index contributed by atoms with van der Waals surface area (Å²) in [6, 6.07) is 10.9.